The Morgan fingerprint density at radius 2 is 2.11 bits per heavy atom. The van der Waals surface area contributed by atoms with Gasteiger partial charge in [0.1, 0.15) is 5.75 Å². The van der Waals surface area contributed by atoms with Crippen molar-refractivity contribution < 1.29 is 4.74 Å². The Hall–Kier alpha value is -1.06. The molecule has 1 aromatic carbocycles. The van der Waals surface area contributed by atoms with E-state index in [1.165, 1.54) is 12.0 Å². The number of nitrogens with one attached hydrogen (secondary N) is 2. The summed E-state index contributed by atoms with van der Waals surface area (Å²) >= 11 is 0. The first kappa shape index (κ1) is 14.4. The summed E-state index contributed by atoms with van der Waals surface area (Å²) in [6.07, 6.45) is 1.21. The van der Waals surface area contributed by atoms with Crippen LogP contribution in [0.15, 0.2) is 24.3 Å². The Labute approximate surface area is 116 Å². The van der Waals surface area contributed by atoms with Crippen molar-refractivity contribution in [3.05, 3.63) is 29.8 Å². The molecule has 0 amide bonds. The van der Waals surface area contributed by atoms with Gasteiger partial charge in [0.15, 0.2) is 0 Å². The standard InChI is InChI=1S/C16H26N2O/c1-4-19-15-7-5-14(6-8-15)13(3)18-16-9-10-17-11-12(16)2/h5-8,12-13,16-18H,4,9-11H2,1-3H3. The Morgan fingerprint density at radius 3 is 2.74 bits per heavy atom. The minimum Gasteiger partial charge on any atom is -0.494 e. The Kier molecular flexibility index (Phi) is 5.23. The van der Waals surface area contributed by atoms with Crippen LogP contribution in [0, 0.1) is 5.92 Å². The molecule has 1 fully saturated rings. The van der Waals surface area contributed by atoms with Crippen LogP contribution in [0.4, 0.5) is 0 Å². The first-order valence-corrected chi connectivity index (χ1v) is 7.40. The Balaban J connectivity index is 1.93. The molecule has 3 unspecified atom stereocenters. The zero-order valence-electron chi connectivity index (χ0n) is 12.3. The number of rotatable bonds is 5. The van der Waals surface area contributed by atoms with Gasteiger partial charge in [-0.1, -0.05) is 19.1 Å². The molecule has 3 heteroatoms. The fraction of sp³-hybridized carbons (Fsp3) is 0.625. The monoisotopic (exact) mass is 262 g/mol. The highest BCUT2D eigenvalue weighted by Crippen LogP contribution is 2.20. The third-order valence-corrected chi connectivity index (χ3v) is 3.94. The summed E-state index contributed by atoms with van der Waals surface area (Å²) in [5.74, 6) is 1.65. The molecular formula is C16H26N2O. The maximum absolute atomic E-state index is 5.48. The molecule has 0 bridgehead atoms. The highest BCUT2D eigenvalue weighted by Gasteiger charge is 2.22. The van der Waals surface area contributed by atoms with Gasteiger partial charge >= 0.3 is 0 Å². The average Bonchev–Trinajstić information content (AvgIpc) is 2.42. The molecule has 2 rings (SSSR count). The minimum absolute atomic E-state index is 0.390. The lowest BCUT2D eigenvalue weighted by Crippen LogP contribution is -2.47. The van der Waals surface area contributed by atoms with E-state index in [-0.39, 0.29) is 0 Å². The minimum atomic E-state index is 0.390. The summed E-state index contributed by atoms with van der Waals surface area (Å²) in [4.78, 5) is 0. The predicted molar refractivity (Wildman–Crippen MR) is 79.6 cm³/mol. The molecule has 3 atom stereocenters. The van der Waals surface area contributed by atoms with Crippen molar-refractivity contribution in [1.82, 2.24) is 10.6 Å². The molecule has 1 heterocycles. The second kappa shape index (κ2) is 6.92. The van der Waals surface area contributed by atoms with E-state index in [0.29, 0.717) is 18.0 Å². The van der Waals surface area contributed by atoms with Gasteiger partial charge in [0.25, 0.3) is 0 Å². The van der Waals surface area contributed by atoms with Crippen LogP contribution < -0.4 is 15.4 Å². The number of ether oxygens (including phenoxy) is 1. The van der Waals surface area contributed by atoms with Crippen LogP contribution >= 0.6 is 0 Å². The highest BCUT2D eigenvalue weighted by atomic mass is 16.5. The van der Waals surface area contributed by atoms with Gasteiger partial charge in [0.2, 0.25) is 0 Å². The summed E-state index contributed by atoms with van der Waals surface area (Å²) in [5, 5.41) is 7.20. The van der Waals surface area contributed by atoms with E-state index in [9.17, 15) is 0 Å². The molecule has 0 aromatic heterocycles. The Morgan fingerprint density at radius 1 is 1.37 bits per heavy atom. The van der Waals surface area contributed by atoms with Crippen LogP contribution in [0.25, 0.3) is 0 Å². The molecule has 1 aliphatic rings. The highest BCUT2D eigenvalue weighted by molar-refractivity contribution is 5.29. The summed E-state index contributed by atoms with van der Waals surface area (Å²) in [6.45, 7) is 9.53. The van der Waals surface area contributed by atoms with Gasteiger partial charge in [0.05, 0.1) is 6.61 Å². The fourth-order valence-electron chi connectivity index (χ4n) is 2.70. The van der Waals surface area contributed by atoms with Crippen LogP contribution in [-0.4, -0.2) is 25.7 Å². The van der Waals surface area contributed by atoms with Crippen LogP contribution in [-0.2, 0) is 0 Å². The Bertz CT molecular complexity index is 377. The van der Waals surface area contributed by atoms with Crippen molar-refractivity contribution in [2.24, 2.45) is 5.92 Å². The molecule has 1 aromatic rings. The molecule has 0 spiro atoms. The second-order valence-corrected chi connectivity index (χ2v) is 5.47. The third-order valence-electron chi connectivity index (χ3n) is 3.94. The summed E-state index contributed by atoms with van der Waals surface area (Å²) < 4.78 is 5.48. The normalized spacial score (nSPS) is 25.0. The van der Waals surface area contributed by atoms with Gasteiger partial charge in [-0.2, -0.15) is 0 Å². The molecule has 3 nitrogen and oxygen atoms in total. The number of benzene rings is 1. The zero-order chi connectivity index (χ0) is 13.7. The van der Waals surface area contributed by atoms with E-state index in [2.05, 4.69) is 48.7 Å². The van der Waals surface area contributed by atoms with Crippen molar-refractivity contribution >= 4 is 0 Å². The molecule has 1 saturated heterocycles. The van der Waals surface area contributed by atoms with Crippen LogP contribution in [0.1, 0.15) is 38.8 Å². The van der Waals surface area contributed by atoms with E-state index in [1.54, 1.807) is 0 Å². The van der Waals surface area contributed by atoms with Crippen LogP contribution in [0.5, 0.6) is 5.75 Å². The van der Waals surface area contributed by atoms with E-state index in [1.807, 2.05) is 6.92 Å². The maximum atomic E-state index is 5.48. The molecule has 0 aliphatic carbocycles. The second-order valence-electron chi connectivity index (χ2n) is 5.47. The van der Waals surface area contributed by atoms with Gasteiger partial charge in [-0.3, -0.25) is 0 Å². The van der Waals surface area contributed by atoms with E-state index >= 15 is 0 Å². The van der Waals surface area contributed by atoms with Gasteiger partial charge < -0.3 is 15.4 Å². The molecule has 106 valence electrons. The fourth-order valence-corrected chi connectivity index (χ4v) is 2.70. The van der Waals surface area contributed by atoms with Crippen molar-refractivity contribution in [3.8, 4) is 5.75 Å². The summed E-state index contributed by atoms with van der Waals surface area (Å²) in [7, 11) is 0. The molecular weight excluding hydrogens is 236 g/mol. The summed E-state index contributed by atoms with van der Waals surface area (Å²) in [5.41, 5.74) is 1.33. The quantitative estimate of drug-likeness (QED) is 0.856. The van der Waals surface area contributed by atoms with Gasteiger partial charge in [0, 0.05) is 12.1 Å². The largest absolute Gasteiger partial charge is 0.494 e. The smallest absolute Gasteiger partial charge is 0.119 e. The van der Waals surface area contributed by atoms with Crippen molar-refractivity contribution in [1.29, 1.82) is 0 Å². The first-order chi connectivity index (χ1) is 9.20. The average molecular weight is 262 g/mol. The van der Waals surface area contributed by atoms with E-state index < -0.39 is 0 Å². The molecule has 2 N–H and O–H groups in total. The number of hydrogen-bond donors (Lipinski definition) is 2. The van der Waals surface area contributed by atoms with E-state index in [4.69, 9.17) is 4.74 Å². The third kappa shape index (κ3) is 3.95. The molecule has 0 radical (unpaired) electrons. The van der Waals surface area contributed by atoms with Crippen molar-refractivity contribution in [2.45, 2.75) is 39.3 Å². The maximum Gasteiger partial charge on any atom is 0.119 e. The van der Waals surface area contributed by atoms with Gasteiger partial charge in [-0.25, -0.2) is 0 Å². The number of hydrogen-bond acceptors (Lipinski definition) is 3. The van der Waals surface area contributed by atoms with Crippen molar-refractivity contribution in [3.63, 3.8) is 0 Å². The van der Waals surface area contributed by atoms with Gasteiger partial charge in [-0.15, -0.1) is 0 Å². The van der Waals surface area contributed by atoms with Crippen LogP contribution in [0.2, 0.25) is 0 Å². The summed E-state index contributed by atoms with van der Waals surface area (Å²) in [6, 6.07) is 9.44. The van der Waals surface area contributed by atoms with Crippen LogP contribution in [0.3, 0.4) is 0 Å². The lowest BCUT2D eigenvalue weighted by Gasteiger charge is -2.33. The van der Waals surface area contributed by atoms with E-state index in [0.717, 1.165) is 25.4 Å². The lowest BCUT2D eigenvalue weighted by atomic mass is 9.94. The SMILES string of the molecule is CCOc1ccc(C(C)NC2CCNCC2C)cc1. The zero-order valence-corrected chi connectivity index (χ0v) is 12.3. The lowest BCUT2D eigenvalue weighted by molar-refractivity contribution is 0.278. The molecule has 1 aliphatic heterocycles. The number of piperidine rings is 1. The molecule has 0 saturated carbocycles. The van der Waals surface area contributed by atoms with Crippen molar-refractivity contribution in [2.75, 3.05) is 19.7 Å². The topological polar surface area (TPSA) is 33.3 Å². The first-order valence-electron chi connectivity index (χ1n) is 7.40. The van der Waals surface area contributed by atoms with Gasteiger partial charge in [-0.05, 0) is 57.0 Å². The predicted octanol–water partition coefficient (Wildman–Crippen LogP) is 2.73. The molecule has 19 heavy (non-hydrogen) atoms.